The van der Waals surface area contributed by atoms with Gasteiger partial charge in [-0.1, -0.05) is 12.8 Å². The van der Waals surface area contributed by atoms with E-state index in [0.717, 1.165) is 43.4 Å². The molecule has 2 fully saturated rings. The molecule has 2 aromatic rings. The van der Waals surface area contributed by atoms with Gasteiger partial charge in [0.2, 0.25) is 5.95 Å². The molecule has 1 saturated heterocycles. The second-order valence-electron chi connectivity index (χ2n) is 9.46. The average molecular weight is 488 g/mol. The Hall–Kier alpha value is -2.81. The van der Waals surface area contributed by atoms with E-state index in [4.69, 9.17) is 10.5 Å². The number of ether oxygens (including phenoxy) is 1. The molecule has 1 amide bonds. The van der Waals surface area contributed by atoms with Crippen molar-refractivity contribution in [1.82, 2.24) is 15.3 Å². The molecule has 1 aromatic heterocycles. The lowest BCUT2D eigenvalue weighted by atomic mass is 9.81. The van der Waals surface area contributed by atoms with Crippen molar-refractivity contribution < 1.29 is 18.3 Å². The number of nitrogens with two attached hydrogens (primary N) is 1. The van der Waals surface area contributed by atoms with Crippen LogP contribution in [-0.2, 0) is 4.79 Å². The van der Waals surface area contributed by atoms with E-state index in [9.17, 15) is 9.18 Å². The largest absolute Gasteiger partial charge is 0.491 e. The van der Waals surface area contributed by atoms with Crippen molar-refractivity contribution in [3.8, 4) is 17.0 Å². The number of hydrogen-bond acceptors (Lipinski definition) is 6. The Kier molecular flexibility index (Phi) is 8.49. The van der Waals surface area contributed by atoms with Gasteiger partial charge in [-0.25, -0.2) is 18.7 Å². The molecule has 9 heteroatoms. The summed E-state index contributed by atoms with van der Waals surface area (Å²) >= 11 is 0. The van der Waals surface area contributed by atoms with Crippen molar-refractivity contribution in [3.05, 3.63) is 36.5 Å². The summed E-state index contributed by atoms with van der Waals surface area (Å²) in [6.07, 6.45) is 6.86. The summed E-state index contributed by atoms with van der Waals surface area (Å²) in [7, 11) is 0. The number of halogens is 2. The highest BCUT2D eigenvalue weighted by atomic mass is 19.1. The van der Waals surface area contributed by atoms with E-state index in [1.807, 2.05) is 17.0 Å². The number of nitrogens with one attached hydrogen (secondary N) is 1. The highest BCUT2D eigenvalue weighted by Crippen LogP contribution is 2.32. The molecule has 2 aliphatic rings. The SMILES string of the molecule is NCCC1CCCCC1NC(=O)C1(F)CCN(c2nccc(-c3ccc(OCCF)cc3)n2)CC1. The molecule has 0 radical (unpaired) electrons. The molecule has 2 unspecified atom stereocenters. The lowest BCUT2D eigenvalue weighted by molar-refractivity contribution is -0.135. The van der Waals surface area contributed by atoms with E-state index >= 15 is 4.39 Å². The number of benzene rings is 1. The van der Waals surface area contributed by atoms with E-state index in [-0.39, 0.29) is 25.5 Å². The van der Waals surface area contributed by atoms with Crippen LogP contribution in [0.3, 0.4) is 0 Å². The van der Waals surface area contributed by atoms with Gasteiger partial charge in [0.15, 0.2) is 5.67 Å². The number of amides is 1. The first kappa shape index (κ1) is 25.3. The second-order valence-corrected chi connectivity index (χ2v) is 9.46. The zero-order valence-electron chi connectivity index (χ0n) is 20.1. The van der Waals surface area contributed by atoms with Crippen LogP contribution in [0.1, 0.15) is 44.9 Å². The fourth-order valence-electron chi connectivity index (χ4n) is 5.08. The highest BCUT2D eigenvalue weighted by Gasteiger charge is 2.43. The molecule has 2 heterocycles. The first-order valence-electron chi connectivity index (χ1n) is 12.6. The molecule has 35 heavy (non-hydrogen) atoms. The molecule has 190 valence electrons. The van der Waals surface area contributed by atoms with E-state index < -0.39 is 18.3 Å². The number of hydrogen-bond donors (Lipinski definition) is 2. The van der Waals surface area contributed by atoms with Crippen molar-refractivity contribution in [3.63, 3.8) is 0 Å². The number of carbonyl (C=O) groups excluding carboxylic acids is 1. The maximum Gasteiger partial charge on any atom is 0.258 e. The number of piperidine rings is 1. The molecule has 4 rings (SSSR count). The lowest BCUT2D eigenvalue weighted by Gasteiger charge is -2.38. The summed E-state index contributed by atoms with van der Waals surface area (Å²) in [6.45, 7) is 0.794. The van der Waals surface area contributed by atoms with Crippen molar-refractivity contribution >= 4 is 11.9 Å². The number of carbonyl (C=O) groups is 1. The average Bonchev–Trinajstić information content (AvgIpc) is 2.89. The van der Waals surface area contributed by atoms with Crippen LogP contribution in [0.4, 0.5) is 14.7 Å². The van der Waals surface area contributed by atoms with E-state index in [1.54, 1.807) is 24.4 Å². The summed E-state index contributed by atoms with van der Waals surface area (Å²) < 4.78 is 33.2. The molecule has 0 bridgehead atoms. The minimum absolute atomic E-state index is 0.0132. The molecule has 7 nitrogen and oxygen atoms in total. The maximum absolute atomic E-state index is 15.7. The normalized spacial score (nSPS) is 22.0. The predicted octanol–water partition coefficient (Wildman–Crippen LogP) is 3.82. The van der Waals surface area contributed by atoms with Crippen LogP contribution in [0, 0.1) is 5.92 Å². The smallest absolute Gasteiger partial charge is 0.258 e. The van der Waals surface area contributed by atoms with Crippen LogP contribution in [0.25, 0.3) is 11.3 Å². The highest BCUT2D eigenvalue weighted by molar-refractivity contribution is 5.85. The van der Waals surface area contributed by atoms with Crippen LogP contribution < -0.4 is 20.7 Å². The van der Waals surface area contributed by atoms with E-state index in [1.165, 1.54) is 0 Å². The minimum atomic E-state index is -1.88. The van der Waals surface area contributed by atoms with Crippen LogP contribution in [0.15, 0.2) is 36.5 Å². The van der Waals surface area contributed by atoms with Crippen LogP contribution in [-0.4, -0.2) is 60.5 Å². The molecular weight excluding hydrogens is 452 g/mol. The first-order valence-corrected chi connectivity index (χ1v) is 12.6. The summed E-state index contributed by atoms with van der Waals surface area (Å²) in [5, 5.41) is 3.02. The fraction of sp³-hybridized carbons (Fsp3) is 0.577. The molecular formula is C26H35F2N5O2. The number of nitrogens with zero attached hydrogens (tertiary/aromatic N) is 3. The lowest BCUT2D eigenvalue weighted by Crippen LogP contribution is -2.55. The van der Waals surface area contributed by atoms with Gasteiger partial charge in [0.1, 0.15) is 19.0 Å². The number of aromatic nitrogens is 2. The van der Waals surface area contributed by atoms with Crippen molar-refractivity contribution in [1.29, 1.82) is 0 Å². The van der Waals surface area contributed by atoms with Crippen LogP contribution in [0.2, 0.25) is 0 Å². The molecule has 1 aliphatic carbocycles. The molecule has 1 saturated carbocycles. The number of rotatable bonds is 9. The Morgan fingerprint density at radius 1 is 1.17 bits per heavy atom. The quantitative estimate of drug-likeness (QED) is 0.559. The van der Waals surface area contributed by atoms with Gasteiger partial charge in [0.05, 0.1) is 5.69 Å². The standard InChI is InChI=1S/C26H35F2N5O2/c27-13-18-35-21-7-5-20(6-8-21)23-10-15-30-25(32-23)33-16-11-26(28,12-17-33)24(34)31-22-4-2-1-3-19(22)9-14-29/h5-8,10,15,19,22H,1-4,9,11-14,16-18,29H2,(H,31,34). The summed E-state index contributed by atoms with van der Waals surface area (Å²) in [5.74, 6) is 0.951. The van der Waals surface area contributed by atoms with Crippen LogP contribution in [0.5, 0.6) is 5.75 Å². The van der Waals surface area contributed by atoms with Crippen molar-refractivity contribution in [2.24, 2.45) is 11.7 Å². The van der Waals surface area contributed by atoms with Gasteiger partial charge in [0, 0.05) is 43.7 Å². The molecule has 2 atom stereocenters. The Morgan fingerprint density at radius 2 is 1.91 bits per heavy atom. The Balaban J connectivity index is 1.36. The molecule has 3 N–H and O–H groups in total. The Labute approximate surface area is 205 Å². The maximum atomic E-state index is 15.7. The van der Waals surface area contributed by atoms with Gasteiger partial charge in [0.25, 0.3) is 5.91 Å². The number of anilines is 1. The molecule has 1 aliphatic heterocycles. The zero-order chi connectivity index (χ0) is 24.7. The van der Waals surface area contributed by atoms with Gasteiger partial charge in [-0.15, -0.1) is 0 Å². The monoisotopic (exact) mass is 487 g/mol. The van der Waals surface area contributed by atoms with Crippen LogP contribution >= 0.6 is 0 Å². The first-order chi connectivity index (χ1) is 17.0. The zero-order valence-corrected chi connectivity index (χ0v) is 20.1. The predicted molar refractivity (Wildman–Crippen MR) is 132 cm³/mol. The molecule has 1 aromatic carbocycles. The third kappa shape index (κ3) is 6.25. The topological polar surface area (TPSA) is 93.4 Å². The second kappa shape index (κ2) is 11.7. The summed E-state index contributed by atoms with van der Waals surface area (Å²) in [6, 6.07) is 9.08. The van der Waals surface area contributed by atoms with Crippen molar-refractivity contribution in [2.45, 2.75) is 56.7 Å². The van der Waals surface area contributed by atoms with Gasteiger partial charge in [-0.05, 0) is 62.1 Å². The van der Waals surface area contributed by atoms with Crippen molar-refractivity contribution in [2.75, 3.05) is 37.8 Å². The minimum Gasteiger partial charge on any atom is -0.491 e. The summed E-state index contributed by atoms with van der Waals surface area (Å²) in [4.78, 5) is 23.9. The number of alkyl halides is 2. The summed E-state index contributed by atoms with van der Waals surface area (Å²) in [5.41, 5.74) is 5.46. The van der Waals surface area contributed by atoms with Gasteiger partial charge in [-0.3, -0.25) is 4.79 Å². The van der Waals surface area contributed by atoms with Gasteiger partial charge >= 0.3 is 0 Å². The van der Waals surface area contributed by atoms with E-state index in [2.05, 4.69) is 15.3 Å². The Bertz CT molecular complexity index is 964. The van der Waals surface area contributed by atoms with Gasteiger partial charge in [-0.2, -0.15) is 0 Å². The van der Waals surface area contributed by atoms with Gasteiger partial charge < -0.3 is 20.7 Å². The third-order valence-electron chi connectivity index (χ3n) is 7.15. The third-order valence-corrected chi connectivity index (χ3v) is 7.15. The molecule has 0 spiro atoms. The Morgan fingerprint density at radius 3 is 2.63 bits per heavy atom. The van der Waals surface area contributed by atoms with E-state index in [0.29, 0.717) is 37.3 Å². The fourth-order valence-corrected chi connectivity index (χ4v) is 5.08.